The van der Waals surface area contributed by atoms with Crippen LogP contribution in [0.25, 0.3) is 0 Å². The first-order valence-corrected chi connectivity index (χ1v) is 8.65. The van der Waals surface area contributed by atoms with E-state index in [0.29, 0.717) is 19.0 Å². The molecular weight excluding hydrogens is 331 g/mol. The van der Waals surface area contributed by atoms with Crippen LogP contribution >= 0.6 is 11.6 Å². The Morgan fingerprint density at radius 1 is 1.25 bits per heavy atom. The van der Waals surface area contributed by atoms with E-state index in [1.807, 2.05) is 0 Å². The second-order valence-electron chi connectivity index (χ2n) is 6.60. The fraction of sp³-hybridized carbons (Fsp3) is 0.471. The predicted octanol–water partition coefficient (Wildman–Crippen LogP) is 3.49. The van der Waals surface area contributed by atoms with E-state index in [4.69, 9.17) is 11.6 Å². The van der Waals surface area contributed by atoms with Crippen LogP contribution in [-0.2, 0) is 0 Å². The van der Waals surface area contributed by atoms with Crippen molar-refractivity contribution in [2.75, 3.05) is 13.1 Å². The lowest BCUT2D eigenvalue weighted by Gasteiger charge is -2.31. The number of aromatic nitrogens is 3. The molecule has 1 aromatic carbocycles. The van der Waals surface area contributed by atoms with Gasteiger partial charge in [0.1, 0.15) is 11.6 Å². The first kappa shape index (κ1) is 15.6. The van der Waals surface area contributed by atoms with E-state index in [9.17, 15) is 9.18 Å². The van der Waals surface area contributed by atoms with E-state index in [0.717, 1.165) is 24.5 Å². The molecule has 1 aliphatic carbocycles. The van der Waals surface area contributed by atoms with Gasteiger partial charge in [-0.1, -0.05) is 11.6 Å². The first-order valence-electron chi connectivity index (χ1n) is 8.27. The average molecular weight is 349 g/mol. The molecule has 126 valence electrons. The average Bonchev–Trinajstić information content (AvgIpc) is 3.30. The smallest absolute Gasteiger partial charge is 0.254 e. The van der Waals surface area contributed by atoms with Gasteiger partial charge in [-0.3, -0.25) is 9.89 Å². The van der Waals surface area contributed by atoms with Crippen LogP contribution in [0.3, 0.4) is 0 Å². The Kier molecular flexibility index (Phi) is 4.00. The van der Waals surface area contributed by atoms with Gasteiger partial charge in [0, 0.05) is 35.5 Å². The zero-order chi connectivity index (χ0) is 16.7. The number of halogens is 2. The molecule has 1 unspecified atom stereocenters. The monoisotopic (exact) mass is 348 g/mol. The minimum atomic E-state index is -0.498. The number of H-pyrrole nitrogens is 1. The summed E-state index contributed by atoms with van der Waals surface area (Å²) in [7, 11) is 0. The molecule has 24 heavy (non-hydrogen) atoms. The van der Waals surface area contributed by atoms with Gasteiger partial charge in [0.2, 0.25) is 0 Å². The van der Waals surface area contributed by atoms with Crippen LogP contribution in [0.5, 0.6) is 0 Å². The van der Waals surface area contributed by atoms with E-state index >= 15 is 0 Å². The number of likely N-dealkylation sites (tertiary alicyclic amines) is 1. The molecule has 2 fully saturated rings. The molecule has 0 radical (unpaired) electrons. The fourth-order valence-electron chi connectivity index (χ4n) is 3.24. The van der Waals surface area contributed by atoms with Crippen LogP contribution < -0.4 is 0 Å². The topological polar surface area (TPSA) is 61.9 Å². The number of benzene rings is 1. The normalized spacial score (nSPS) is 21.1. The van der Waals surface area contributed by atoms with Crippen LogP contribution in [0.2, 0.25) is 5.02 Å². The molecule has 2 aromatic rings. The molecule has 1 atom stereocenters. The van der Waals surface area contributed by atoms with Crippen molar-refractivity contribution in [2.24, 2.45) is 0 Å². The summed E-state index contributed by atoms with van der Waals surface area (Å²) >= 11 is 5.86. The first-order chi connectivity index (χ1) is 11.6. The summed E-state index contributed by atoms with van der Waals surface area (Å²) in [6.45, 7) is 1.21. The molecule has 5 nitrogen and oxygen atoms in total. The fourth-order valence-corrected chi connectivity index (χ4v) is 3.46. The van der Waals surface area contributed by atoms with Crippen molar-refractivity contribution in [1.29, 1.82) is 0 Å². The second kappa shape index (κ2) is 6.16. The second-order valence-corrected chi connectivity index (χ2v) is 7.04. The third-order valence-electron chi connectivity index (χ3n) is 4.67. The Morgan fingerprint density at radius 2 is 2.08 bits per heavy atom. The molecule has 1 aliphatic heterocycles. The number of nitrogens with one attached hydrogen (secondary N) is 1. The number of aromatic amines is 1. The summed E-state index contributed by atoms with van der Waals surface area (Å²) in [5.41, 5.74) is 0.286. The zero-order valence-corrected chi connectivity index (χ0v) is 13.9. The van der Waals surface area contributed by atoms with Crippen molar-refractivity contribution < 1.29 is 9.18 Å². The molecule has 1 amide bonds. The molecule has 2 aliphatic rings. The Balaban J connectivity index is 1.50. The van der Waals surface area contributed by atoms with Gasteiger partial charge in [-0.2, -0.15) is 5.10 Å². The number of rotatable bonds is 3. The lowest BCUT2D eigenvalue weighted by atomic mass is 9.96. The van der Waals surface area contributed by atoms with Gasteiger partial charge < -0.3 is 4.90 Å². The number of amides is 1. The summed E-state index contributed by atoms with van der Waals surface area (Å²) < 4.78 is 13.5. The van der Waals surface area contributed by atoms with Gasteiger partial charge in [-0.25, -0.2) is 9.37 Å². The van der Waals surface area contributed by atoms with Crippen molar-refractivity contribution >= 4 is 17.5 Å². The highest BCUT2D eigenvalue weighted by atomic mass is 35.5. The maximum absolute atomic E-state index is 13.5. The number of nitrogens with zero attached hydrogens (tertiary/aromatic N) is 3. The van der Waals surface area contributed by atoms with Crippen LogP contribution in [0, 0.1) is 5.82 Å². The molecule has 1 saturated carbocycles. The Bertz CT molecular complexity index is 753. The van der Waals surface area contributed by atoms with Gasteiger partial charge in [0.05, 0.1) is 0 Å². The third kappa shape index (κ3) is 3.15. The quantitative estimate of drug-likeness (QED) is 0.923. The number of hydrogen-bond acceptors (Lipinski definition) is 3. The summed E-state index contributed by atoms with van der Waals surface area (Å²) in [6, 6.07) is 3.94. The maximum Gasteiger partial charge on any atom is 0.254 e. The number of piperidine rings is 1. The minimum absolute atomic E-state index is 0.121. The van der Waals surface area contributed by atoms with Gasteiger partial charge >= 0.3 is 0 Å². The van der Waals surface area contributed by atoms with Crippen LogP contribution in [0.1, 0.15) is 59.5 Å². The molecule has 1 saturated heterocycles. The molecule has 0 spiro atoms. The largest absolute Gasteiger partial charge is 0.338 e. The lowest BCUT2D eigenvalue weighted by molar-refractivity contribution is 0.0704. The molecule has 2 heterocycles. The highest BCUT2D eigenvalue weighted by Gasteiger charge is 2.31. The van der Waals surface area contributed by atoms with Gasteiger partial charge in [0.15, 0.2) is 5.82 Å². The number of carbonyl (C=O) groups is 1. The molecular formula is C17H18ClFN4O. The summed E-state index contributed by atoms with van der Waals surface area (Å²) in [5.74, 6) is 1.70. The summed E-state index contributed by atoms with van der Waals surface area (Å²) in [6.07, 6.45) is 4.18. The van der Waals surface area contributed by atoms with Crippen molar-refractivity contribution in [3.63, 3.8) is 0 Å². The SMILES string of the molecule is O=C(c1cc(F)cc(Cl)c1)N1CCCC(c2n[nH]c(C3CC3)n2)C1. The van der Waals surface area contributed by atoms with Gasteiger partial charge in [-0.05, 0) is 43.9 Å². The molecule has 1 aromatic heterocycles. The number of carbonyl (C=O) groups excluding carboxylic acids is 1. The van der Waals surface area contributed by atoms with Crippen LogP contribution in [-0.4, -0.2) is 39.1 Å². The van der Waals surface area contributed by atoms with Gasteiger partial charge in [-0.15, -0.1) is 0 Å². The highest BCUT2D eigenvalue weighted by molar-refractivity contribution is 6.31. The standard InChI is InChI=1S/C17H18ClFN4O/c18-13-6-12(7-14(19)8-13)17(24)23-5-1-2-11(9-23)16-20-15(21-22-16)10-3-4-10/h6-8,10-11H,1-5,9H2,(H,20,21,22). The molecule has 7 heteroatoms. The molecule has 1 N–H and O–H groups in total. The highest BCUT2D eigenvalue weighted by Crippen LogP contribution is 2.38. The predicted molar refractivity (Wildman–Crippen MR) is 87.6 cm³/mol. The summed E-state index contributed by atoms with van der Waals surface area (Å²) in [5, 5.41) is 7.60. The lowest BCUT2D eigenvalue weighted by Crippen LogP contribution is -2.39. The number of hydrogen-bond donors (Lipinski definition) is 1. The van der Waals surface area contributed by atoms with Crippen molar-refractivity contribution in [1.82, 2.24) is 20.1 Å². The Morgan fingerprint density at radius 3 is 2.83 bits per heavy atom. The van der Waals surface area contributed by atoms with E-state index in [-0.39, 0.29) is 22.4 Å². The Labute approximate surface area is 144 Å². The Hall–Kier alpha value is -1.95. The van der Waals surface area contributed by atoms with E-state index in [1.165, 1.54) is 31.0 Å². The third-order valence-corrected chi connectivity index (χ3v) is 4.89. The van der Waals surface area contributed by atoms with Crippen LogP contribution in [0.15, 0.2) is 18.2 Å². The van der Waals surface area contributed by atoms with Crippen LogP contribution in [0.4, 0.5) is 4.39 Å². The van der Waals surface area contributed by atoms with E-state index < -0.39 is 5.82 Å². The van der Waals surface area contributed by atoms with E-state index in [1.54, 1.807) is 4.90 Å². The van der Waals surface area contributed by atoms with E-state index in [2.05, 4.69) is 15.2 Å². The maximum atomic E-state index is 13.5. The molecule has 4 rings (SSSR count). The van der Waals surface area contributed by atoms with Crippen molar-refractivity contribution in [3.05, 3.63) is 46.3 Å². The zero-order valence-electron chi connectivity index (χ0n) is 13.1. The molecule has 0 bridgehead atoms. The summed E-state index contributed by atoms with van der Waals surface area (Å²) in [4.78, 5) is 19.0. The van der Waals surface area contributed by atoms with Crippen molar-refractivity contribution in [2.45, 2.75) is 37.5 Å². The van der Waals surface area contributed by atoms with Gasteiger partial charge in [0.25, 0.3) is 5.91 Å². The minimum Gasteiger partial charge on any atom is -0.338 e. The van der Waals surface area contributed by atoms with Crippen molar-refractivity contribution in [3.8, 4) is 0 Å².